The van der Waals surface area contributed by atoms with Crippen LogP contribution in [0.5, 0.6) is 0 Å². The molecule has 2 aliphatic rings. The van der Waals surface area contributed by atoms with Crippen LogP contribution in [0.4, 0.5) is 0 Å². The SMILES string of the molecule is CCCCC(C)(C)C/C=C(/OC1CCCCO1)[C@](C(=O)O)(C1CCCC1)[C@H](O)C/C=C\CC(=O)OC. The fraction of sp³-hybridized carbons (Fsp3) is 0.793. The van der Waals surface area contributed by atoms with E-state index in [1.54, 1.807) is 12.2 Å². The van der Waals surface area contributed by atoms with Crippen LogP contribution in [0.1, 0.15) is 104 Å². The van der Waals surface area contributed by atoms with Gasteiger partial charge >= 0.3 is 11.9 Å². The van der Waals surface area contributed by atoms with Gasteiger partial charge in [0.2, 0.25) is 0 Å². The Labute approximate surface area is 217 Å². The number of aliphatic carboxylic acids is 1. The molecule has 36 heavy (non-hydrogen) atoms. The summed E-state index contributed by atoms with van der Waals surface area (Å²) in [5, 5.41) is 22.4. The van der Waals surface area contributed by atoms with E-state index >= 15 is 0 Å². The maximum atomic E-state index is 13.2. The van der Waals surface area contributed by atoms with E-state index in [0.717, 1.165) is 57.8 Å². The van der Waals surface area contributed by atoms with Gasteiger partial charge in [0.15, 0.2) is 11.7 Å². The zero-order valence-electron chi connectivity index (χ0n) is 22.8. The van der Waals surface area contributed by atoms with Gasteiger partial charge in [-0.05, 0) is 62.4 Å². The van der Waals surface area contributed by atoms with Crippen LogP contribution in [0.2, 0.25) is 0 Å². The van der Waals surface area contributed by atoms with Crippen molar-refractivity contribution in [2.45, 2.75) is 117 Å². The van der Waals surface area contributed by atoms with Gasteiger partial charge in [0, 0.05) is 6.42 Å². The Balaban J connectivity index is 2.46. The van der Waals surface area contributed by atoms with Crippen LogP contribution >= 0.6 is 0 Å². The van der Waals surface area contributed by atoms with Gasteiger partial charge in [-0.2, -0.15) is 0 Å². The summed E-state index contributed by atoms with van der Waals surface area (Å²) in [5.74, 6) is -1.34. The molecule has 2 rings (SSSR count). The maximum absolute atomic E-state index is 13.2. The summed E-state index contributed by atoms with van der Waals surface area (Å²) < 4.78 is 16.9. The molecule has 1 heterocycles. The van der Waals surface area contributed by atoms with Crippen molar-refractivity contribution in [3.63, 3.8) is 0 Å². The lowest BCUT2D eigenvalue weighted by atomic mass is 9.67. The predicted octanol–water partition coefficient (Wildman–Crippen LogP) is 6.15. The highest BCUT2D eigenvalue weighted by Gasteiger charge is 2.56. The molecule has 7 nitrogen and oxygen atoms in total. The van der Waals surface area contributed by atoms with Gasteiger partial charge in [-0.1, -0.05) is 58.6 Å². The van der Waals surface area contributed by atoms with E-state index in [1.807, 2.05) is 6.08 Å². The number of carbonyl (C=O) groups excluding carboxylic acids is 1. The lowest BCUT2D eigenvalue weighted by Crippen LogP contribution is -2.50. The van der Waals surface area contributed by atoms with Crippen LogP contribution < -0.4 is 0 Å². The highest BCUT2D eigenvalue weighted by atomic mass is 16.7. The topological polar surface area (TPSA) is 102 Å². The average Bonchev–Trinajstić information content (AvgIpc) is 3.39. The molecule has 2 fully saturated rings. The molecule has 1 saturated heterocycles. The fourth-order valence-electron chi connectivity index (χ4n) is 5.50. The number of carboxylic acids is 1. The minimum Gasteiger partial charge on any atom is -0.480 e. The fourth-order valence-corrected chi connectivity index (χ4v) is 5.50. The molecule has 1 aliphatic heterocycles. The minimum absolute atomic E-state index is 0.0245. The number of hydrogen-bond acceptors (Lipinski definition) is 6. The van der Waals surface area contributed by atoms with Crippen LogP contribution in [0.25, 0.3) is 0 Å². The monoisotopic (exact) mass is 508 g/mol. The molecule has 1 unspecified atom stereocenters. The number of allylic oxidation sites excluding steroid dienone is 1. The zero-order valence-corrected chi connectivity index (χ0v) is 22.8. The average molecular weight is 509 g/mol. The van der Waals surface area contributed by atoms with Gasteiger partial charge in [0.25, 0.3) is 0 Å². The highest BCUT2D eigenvalue weighted by Crippen LogP contribution is 2.50. The summed E-state index contributed by atoms with van der Waals surface area (Å²) in [7, 11) is 1.32. The second-order valence-corrected chi connectivity index (χ2v) is 11.1. The summed E-state index contributed by atoms with van der Waals surface area (Å²) in [6, 6.07) is 0. The van der Waals surface area contributed by atoms with Crippen molar-refractivity contribution in [1.29, 1.82) is 0 Å². The van der Waals surface area contributed by atoms with Crippen LogP contribution in [-0.2, 0) is 23.8 Å². The van der Waals surface area contributed by atoms with Gasteiger partial charge in [0.1, 0.15) is 5.76 Å². The van der Waals surface area contributed by atoms with E-state index < -0.39 is 23.8 Å². The Morgan fingerprint density at radius 3 is 2.39 bits per heavy atom. The first-order chi connectivity index (χ1) is 17.2. The molecule has 2 N–H and O–H groups in total. The Morgan fingerprint density at radius 1 is 1.11 bits per heavy atom. The number of carboxylic acid groups (broad SMARTS) is 1. The summed E-state index contributed by atoms with van der Waals surface area (Å²) in [5.41, 5.74) is -1.60. The molecule has 0 aromatic heterocycles. The maximum Gasteiger partial charge on any atom is 0.320 e. The summed E-state index contributed by atoms with van der Waals surface area (Å²) in [6.45, 7) is 7.14. The summed E-state index contributed by atoms with van der Waals surface area (Å²) in [6.07, 6.45) is 13.5. The van der Waals surface area contributed by atoms with Crippen molar-refractivity contribution < 1.29 is 34.0 Å². The minimum atomic E-state index is -1.58. The summed E-state index contributed by atoms with van der Waals surface area (Å²) in [4.78, 5) is 24.7. The number of methoxy groups -OCH3 is 1. The van der Waals surface area contributed by atoms with Crippen molar-refractivity contribution in [3.8, 4) is 0 Å². The van der Waals surface area contributed by atoms with Crippen molar-refractivity contribution in [2.24, 2.45) is 16.7 Å². The molecule has 1 saturated carbocycles. The quantitative estimate of drug-likeness (QED) is 0.155. The van der Waals surface area contributed by atoms with E-state index in [4.69, 9.17) is 9.47 Å². The van der Waals surface area contributed by atoms with E-state index in [-0.39, 0.29) is 30.1 Å². The smallest absolute Gasteiger partial charge is 0.320 e. The Kier molecular flexibility index (Phi) is 12.5. The van der Waals surface area contributed by atoms with E-state index in [1.165, 1.54) is 7.11 Å². The standard InChI is InChI=1S/C29H48O7/c1-5-6-19-28(2,3)20-18-24(36-26-17-11-12-21-35-26)29(27(32)33,22-13-7-8-14-22)23(30)15-9-10-16-25(31)34-4/h9-10,18,22-23,26,30H,5-8,11-17,19-21H2,1-4H3,(H,32,33)/b10-9-,24-18+/t23-,26?,29+/m1/s1. The number of rotatable bonds is 15. The third kappa shape index (κ3) is 8.34. The Hall–Kier alpha value is -1.86. The van der Waals surface area contributed by atoms with Crippen LogP contribution in [0.3, 0.4) is 0 Å². The van der Waals surface area contributed by atoms with Gasteiger partial charge in [-0.3, -0.25) is 9.59 Å². The van der Waals surface area contributed by atoms with Gasteiger partial charge in [0.05, 0.1) is 26.2 Å². The van der Waals surface area contributed by atoms with Crippen LogP contribution in [-0.4, -0.2) is 48.3 Å². The highest BCUT2D eigenvalue weighted by molar-refractivity contribution is 5.79. The lowest BCUT2D eigenvalue weighted by molar-refractivity contribution is -0.182. The first-order valence-corrected chi connectivity index (χ1v) is 13.8. The van der Waals surface area contributed by atoms with Crippen LogP contribution in [0.15, 0.2) is 24.0 Å². The van der Waals surface area contributed by atoms with Crippen molar-refractivity contribution in [3.05, 3.63) is 24.0 Å². The molecule has 1 aliphatic carbocycles. The number of unbranched alkanes of at least 4 members (excludes halogenated alkanes) is 1. The largest absolute Gasteiger partial charge is 0.480 e. The molecule has 0 radical (unpaired) electrons. The molecular weight excluding hydrogens is 460 g/mol. The number of hydrogen-bond donors (Lipinski definition) is 2. The normalized spacial score (nSPS) is 22.4. The summed E-state index contributed by atoms with van der Waals surface area (Å²) >= 11 is 0. The van der Waals surface area contributed by atoms with Gasteiger partial charge < -0.3 is 24.4 Å². The number of carbonyl (C=O) groups is 2. The number of aliphatic hydroxyl groups excluding tert-OH is 1. The van der Waals surface area contributed by atoms with E-state index in [0.29, 0.717) is 25.2 Å². The molecule has 0 bridgehead atoms. The van der Waals surface area contributed by atoms with E-state index in [2.05, 4.69) is 25.5 Å². The van der Waals surface area contributed by atoms with Gasteiger partial charge in [-0.25, -0.2) is 0 Å². The molecular formula is C29H48O7. The molecule has 7 heteroatoms. The molecule has 3 atom stereocenters. The Bertz CT molecular complexity index is 745. The molecule has 0 aromatic rings. The lowest BCUT2D eigenvalue weighted by Gasteiger charge is -2.42. The van der Waals surface area contributed by atoms with E-state index in [9.17, 15) is 19.8 Å². The zero-order chi connectivity index (χ0) is 26.6. The Morgan fingerprint density at radius 2 is 1.81 bits per heavy atom. The second-order valence-electron chi connectivity index (χ2n) is 11.1. The first-order valence-electron chi connectivity index (χ1n) is 13.8. The third-order valence-corrected chi connectivity index (χ3v) is 7.77. The van der Waals surface area contributed by atoms with Crippen molar-refractivity contribution in [2.75, 3.05) is 13.7 Å². The third-order valence-electron chi connectivity index (χ3n) is 7.77. The second kappa shape index (κ2) is 14.8. The number of esters is 1. The number of ether oxygens (including phenoxy) is 3. The van der Waals surface area contributed by atoms with Crippen molar-refractivity contribution in [1.82, 2.24) is 0 Å². The molecule has 206 valence electrons. The molecule has 0 spiro atoms. The van der Waals surface area contributed by atoms with Crippen LogP contribution in [0, 0.1) is 16.7 Å². The molecule has 0 aromatic carbocycles. The number of aliphatic hydroxyl groups is 1. The first kappa shape index (κ1) is 30.4. The predicted molar refractivity (Wildman–Crippen MR) is 139 cm³/mol. The van der Waals surface area contributed by atoms with Crippen molar-refractivity contribution >= 4 is 11.9 Å². The molecule has 0 amide bonds. The van der Waals surface area contributed by atoms with Gasteiger partial charge in [-0.15, -0.1) is 0 Å².